The average molecular weight is 568 g/mol. The van der Waals surface area contributed by atoms with E-state index in [1.54, 1.807) is 42.5 Å². The molecule has 0 fully saturated rings. The lowest BCUT2D eigenvalue weighted by molar-refractivity contribution is -0.119. The van der Waals surface area contributed by atoms with Crippen molar-refractivity contribution in [3.63, 3.8) is 0 Å². The molecule has 0 aliphatic heterocycles. The molecule has 1 amide bonds. The summed E-state index contributed by atoms with van der Waals surface area (Å²) in [5, 5.41) is 6.26. The molecule has 0 radical (unpaired) electrons. The third kappa shape index (κ3) is 6.77. The van der Waals surface area contributed by atoms with Crippen LogP contribution in [-0.4, -0.2) is 27.1 Å². The molecule has 0 unspecified atom stereocenters. The summed E-state index contributed by atoms with van der Waals surface area (Å²) in [5.74, 6) is -0.837. The zero-order chi connectivity index (χ0) is 28.7. The Morgan fingerprint density at radius 2 is 1.51 bits per heavy atom. The molecule has 0 aliphatic carbocycles. The number of nitrogens with one attached hydrogen (secondary N) is 1. The zero-order valence-corrected chi connectivity index (χ0v) is 22.7. The van der Waals surface area contributed by atoms with Gasteiger partial charge in [0.05, 0.1) is 16.8 Å². The minimum absolute atomic E-state index is 0.0671. The van der Waals surface area contributed by atoms with Crippen LogP contribution in [0.2, 0.25) is 0 Å². The van der Waals surface area contributed by atoms with E-state index in [1.165, 1.54) is 41.9 Å². The lowest BCUT2D eigenvalue weighted by Crippen LogP contribution is -2.40. The van der Waals surface area contributed by atoms with E-state index in [0.29, 0.717) is 17.9 Å². The number of carbonyl (C=O) groups is 1. The quantitative estimate of drug-likeness (QED) is 0.168. The van der Waals surface area contributed by atoms with Gasteiger partial charge < -0.3 is 4.74 Å². The van der Waals surface area contributed by atoms with E-state index in [4.69, 9.17) is 4.74 Å². The van der Waals surface area contributed by atoms with Crippen molar-refractivity contribution in [3.05, 3.63) is 138 Å². The summed E-state index contributed by atoms with van der Waals surface area (Å²) >= 11 is 0. The Morgan fingerprint density at radius 3 is 2.27 bits per heavy atom. The Bertz CT molecular complexity index is 1790. The van der Waals surface area contributed by atoms with Crippen molar-refractivity contribution < 1.29 is 22.3 Å². The first-order valence-corrected chi connectivity index (χ1v) is 14.2. The highest BCUT2D eigenvalue weighted by molar-refractivity contribution is 7.92. The Kier molecular flexibility index (Phi) is 8.36. The number of rotatable bonds is 10. The number of carbonyl (C=O) groups excluding carboxylic acids is 1. The molecule has 7 nitrogen and oxygen atoms in total. The number of benzene rings is 5. The van der Waals surface area contributed by atoms with Gasteiger partial charge in [-0.25, -0.2) is 18.2 Å². The van der Waals surface area contributed by atoms with Crippen LogP contribution in [0.25, 0.3) is 10.8 Å². The smallest absolute Gasteiger partial charge is 0.264 e. The van der Waals surface area contributed by atoms with Gasteiger partial charge in [-0.05, 0) is 76.5 Å². The van der Waals surface area contributed by atoms with Gasteiger partial charge in [-0.1, -0.05) is 66.7 Å². The summed E-state index contributed by atoms with van der Waals surface area (Å²) in [7, 11) is -4.22. The third-order valence-electron chi connectivity index (χ3n) is 6.24. The molecule has 5 aromatic rings. The number of hydrogen-bond donors (Lipinski definition) is 1. The van der Waals surface area contributed by atoms with Crippen LogP contribution >= 0.6 is 0 Å². The zero-order valence-electron chi connectivity index (χ0n) is 21.9. The van der Waals surface area contributed by atoms with Gasteiger partial charge in [-0.3, -0.25) is 9.10 Å². The van der Waals surface area contributed by atoms with Gasteiger partial charge >= 0.3 is 0 Å². The first-order valence-electron chi connectivity index (χ1n) is 12.7. The maximum Gasteiger partial charge on any atom is 0.264 e. The number of anilines is 1. The molecule has 0 aliphatic rings. The van der Waals surface area contributed by atoms with Gasteiger partial charge in [0.15, 0.2) is 0 Å². The molecule has 41 heavy (non-hydrogen) atoms. The van der Waals surface area contributed by atoms with Crippen molar-refractivity contribution in [2.45, 2.75) is 11.5 Å². The van der Waals surface area contributed by atoms with Crippen molar-refractivity contribution in [3.8, 4) is 5.75 Å². The molecule has 5 aromatic carbocycles. The van der Waals surface area contributed by atoms with E-state index in [9.17, 15) is 17.6 Å². The molecule has 0 bridgehead atoms. The predicted octanol–water partition coefficient (Wildman–Crippen LogP) is 5.90. The van der Waals surface area contributed by atoms with Gasteiger partial charge in [-0.15, -0.1) is 0 Å². The Balaban J connectivity index is 1.21. The molecular weight excluding hydrogens is 541 g/mol. The summed E-state index contributed by atoms with van der Waals surface area (Å²) in [6.45, 7) is -0.254. The minimum atomic E-state index is -4.22. The van der Waals surface area contributed by atoms with Crippen LogP contribution in [0.15, 0.2) is 131 Å². The number of nitrogens with zero attached hydrogens (tertiary/aromatic N) is 2. The van der Waals surface area contributed by atoms with Gasteiger partial charge in [-0.2, -0.15) is 5.10 Å². The van der Waals surface area contributed by atoms with E-state index in [0.717, 1.165) is 21.3 Å². The average Bonchev–Trinajstić information content (AvgIpc) is 3.00. The van der Waals surface area contributed by atoms with E-state index in [2.05, 4.69) is 34.8 Å². The van der Waals surface area contributed by atoms with E-state index >= 15 is 0 Å². The fourth-order valence-corrected chi connectivity index (χ4v) is 5.61. The predicted molar refractivity (Wildman–Crippen MR) is 158 cm³/mol. The van der Waals surface area contributed by atoms with Crippen LogP contribution in [0.3, 0.4) is 0 Å². The number of hydrazone groups is 1. The summed E-state index contributed by atoms with van der Waals surface area (Å²) in [5.41, 5.74) is 3.82. The van der Waals surface area contributed by atoms with Gasteiger partial charge in [0.2, 0.25) is 0 Å². The van der Waals surface area contributed by atoms with Crippen molar-refractivity contribution in [2.24, 2.45) is 5.10 Å². The molecule has 206 valence electrons. The summed E-state index contributed by atoms with van der Waals surface area (Å²) in [4.78, 5) is 12.6. The molecule has 0 saturated heterocycles. The molecular formula is C32H26FN3O4S. The Hall–Kier alpha value is -5.02. The summed E-state index contributed by atoms with van der Waals surface area (Å²) in [6, 6.07) is 34.4. The van der Waals surface area contributed by atoms with Gasteiger partial charge in [0.1, 0.15) is 24.7 Å². The van der Waals surface area contributed by atoms with Crippen LogP contribution in [0.5, 0.6) is 5.75 Å². The summed E-state index contributed by atoms with van der Waals surface area (Å²) < 4.78 is 47.8. The van der Waals surface area contributed by atoms with Crippen molar-refractivity contribution in [1.82, 2.24) is 5.43 Å². The highest BCUT2D eigenvalue weighted by Crippen LogP contribution is 2.26. The number of fused-ring (bicyclic) bond motifs is 1. The number of amides is 1. The second-order valence-corrected chi connectivity index (χ2v) is 11.0. The minimum Gasteiger partial charge on any atom is -0.489 e. The van der Waals surface area contributed by atoms with Crippen LogP contribution in [0.4, 0.5) is 10.1 Å². The number of halogens is 1. The SMILES string of the molecule is O=C(CN(c1ccccc1F)S(=O)(=O)c1ccccc1)N/N=C\c1ccc(OCc2ccc3ccccc3c2)cc1. The van der Waals surface area contributed by atoms with Crippen LogP contribution < -0.4 is 14.5 Å². The fourth-order valence-electron chi connectivity index (χ4n) is 4.16. The van der Waals surface area contributed by atoms with Crippen molar-refractivity contribution in [2.75, 3.05) is 10.8 Å². The molecule has 0 heterocycles. The van der Waals surface area contributed by atoms with Gasteiger partial charge in [0, 0.05) is 0 Å². The molecule has 5 rings (SSSR count). The molecule has 0 spiro atoms. The fraction of sp³-hybridized carbons (Fsp3) is 0.0625. The molecule has 9 heteroatoms. The normalized spacial score (nSPS) is 11.4. The molecule has 0 aromatic heterocycles. The molecule has 0 saturated carbocycles. The van der Waals surface area contributed by atoms with E-state index < -0.39 is 28.3 Å². The lowest BCUT2D eigenvalue weighted by Gasteiger charge is -2.24. The van der Waals surface area contributed by atoms with Crippen LogP contribution in [-0.2, 0) is 21.4 Å². The lowest BCUT2D eigenvalue weighted by atomic mass is 10.1. The number of para-hydroxylation sites is 1. The highest BCUT2D eigenvalue weighted by Gasteiger charge is 2.28. The number of ether oxygens (including phenoxy) is 1. The topological polar surface area (TPSA) is 88.1 Å². The number of sulfonamides is 1. The number of hydrogen-bond acceptors (Lipinski definition) is 5. The second-order valence-electron chi connectivity index (χ2n) is 9.11. The maximum atomic E-state index is 14.6. The Labute approximate surface area is 237 Å². The van der Waals surface area contributed by atoms with Crippen LogP contribution in [0.1, 0.15) is 11.1 Å². The standard InChI is InChI=1S/C32H26FN3O4S/c33-30-12-6-7-13-31(30)36(41(38,39)29-10-2-1-3-11-29)22-32(37)35-34-21-24-15-18-28(19-16-24)40-23-25-14-17-26-8-4-5-9-27(26)20-25/h1-21H,22-23H2,(H,35,37)/b34-21-. The third-order valence-corrected chi connectivity index (χ3v) is 8.02. The van der Waals surface area contributed by atoms with Gasteiger partial charge in [0.25, 0.3) is 15.9 Å². The second kappa shape index (κ2) is 12.4. The van der Waals surface area contributed by atoms with E-state index in [1.807, 2.05) is 18.2 Å². The largest absolute Gasteiger partial charge is 0.489 e. The maximum absolute atomic E-state index is 14.6. The van der Waals surface area contributed by atoms with E-state index in [-0.39, 0.29) is 10.6 Å². The monoisotopic (exact) mass is 567 g/mol. The van der Waals surface area contributed by atoms with Crippen LogP contribution in [0, 0.1) is 5.82 Å². The van der Waals surface area contributed by atoms with Crippen molar-refractivity contribution >= 4 is 38.6 Å². The Morgan fingerprint density at radius 1 is 0.829 bits per heavy atom. The summed E-state index contributed by atoms with van der Waals surface area (Å²) in [6.07, 6.45) is 1.42. The molecule has 0 atom stereocenters. The first-order chi connectivity index (χ1) is 19.9. The molecule has 1 N–H and O–H groups in total. The van der Waals surface area contributed by atoms with Crippen molar-refractivity contribution in [1.29, 1.82) is 0 Å². The first kappa shape index (κ1) is 27.5. The highest BCUT2D eigenvalue weighted by atomic mass is 32.2.